The molecule has 0 amide bonds. The first-order valence-electron chi connectivity index (χ1n) is 15.0. The van der Waals surface area contributed by atoms with E-state index in [0.717, 1.165) is 19.4 Å². The molecule has 2 aliphatic rings. The number of anilines is 1. The van der Waals surface area contributed by atoms with E-state index in [4.69, 9.17) is 9.72 Å². The number of rotatable bonds is 8. The van der Waals surface area contributed by atoms with Crippen LogP contribution >= 0.6 is 0 Å². The van der Waals surface area contributed by atoms with E-state index < -0.39 is 17.2 Å². The SMILES string of the molecule is CCc1c(F)ccc2cc(O)cc(-c3ncc4c(N5CCC[C@@](C)(O)C5)nc(OCC5(CN(C)C)CC5C)nc4c3F)c12. The maximum atomic E-state index is 16.7. The van der Waals surface area contributed by atoms with Gasteiger partial charge < -0.3 is 24.7 Å². The molecule has 1 saturated carbocycles. The van der Waals surface area contributed by atoms with Crippen LogP contribution in [0.15, 0.2) is 30.5 Å². The van der Waals surface area contributed by atoms with Gasteiger partial charge in [-0.05, 0) is 87.2 Å². The van der Waals surface area contributed by atoms with Crippen LogP contribution in [0.3, 0.4) is 0 Å². The number of hydrogen-bond acceptors (Lipinski definition) is 8. The van der Waals surface area contributed by atoms with Crippen molar-refractivity contribution in [2.45, 2.75) is 52.1 Å². The normalized spacial score (nSPS) is 23.8. The second-order valence-corrected chi connectivity index (χ2v) is 13.0. The Balaban J connectivity index is 1.52. The number of aromatic hydroxyl groups is 1. The summed E-state index contributed by atoms with van der Waals surface area (Å²) < 4.78 is 37.8. The molecular weight excluding hydrogens is 552 g/mol. The first-order chi connectivity index (χ1) is 20.4. The number of β-amino-alcohol motifs (C(OH)–C–C–N with tert-alkyl or cyclic N) is 1. The third-order valence-corrected chi connectivity index (χ3v) is 9.10. The molecule has 2 aromatic heterocycles. The summed E-state index contributed by atoms with van der Waals surface area (Å²) in [5, 5.41) is 22.9. The van der Waals surface area contributed by atoms with Crippen molar-refractivity contribution in [1.82, 2.24) is 19.9 Å². The van der Waals surface area contributed by atoms with Crippen LogP contribution in [0.2, 0.25) is 0 Å². The smallest absolute Gasteiger partial charge is 0.319 e. The Bertz CT molecular complexity index is 1710. The van der Waals surface area contributed by atoms with Crippen molar-refractivity contribution in [3.05, 3.63) is 47.7 Å². The molecule has 2 aromatic carbocycles. The fourth-order valence-electron chi connectivity index (χ4n) is 6.80. The number of benzene rings is 2. The predicted molar refractivity (Wildman–Crippen MR) is 164 cm³/mol. The van der Waals surface area contributed by atoms with Gasteiger partial charge in [-0.25, -0.2) is 8.78 Å². The van der Waals surface area contributed by atoms with E-state index in [1.807, 2.05) is 25.9 Å². The topological polar surface area (TPSA) is 94.8 Å². The molecule has 0 bridgehead atoms. The first kappa shape index (κ1) is 29.4. The molecule has 2 N–H and O–H groups in total. The number of phenolic OH excluding ortho intramolecular Hbond substituents is 1. The van der Waals surface area contributed by atoms with E-state index in [2.05, 4.69) is 21.8 Å². The van der Waals surface area contributed by atoms with Gasteiger partial charge in [-0.15, -0.1) is 0 Å². The summed E-state index contributed by atoms with van der Waals surface area (Å²) in [5.74, 6) is -0.265. The van der Waals surface area contributed by atoms with Gasteiger partial charge >= 0.3 is 6.01 Å². The summed E-state index contributed by atoms with van der Waals surface area (Å²) in [6.07, 6.45) is 4.31. The van der Waals surface area contributed by atoms with Crippen LogP contribution in [-0.2, 0) is 6.42 Å². The van der Waals surface area contributed by atoms with E-state index in [1.165, 1.54) is 24.4 Å². The number of piperidine rings is 1. The zero-order valence-electron chi connectivity index (χ0n) is 25.4. The molecule has 2 fully saturated rings. The average Bonchev–Trinajstić information content (AvgIpc) is 3.58. The molecule has 2 unspecified atom stereocenters. The lowest BCUT2D eigenvalue weighted by atomic mass is 9.94. The number of phenols is 1. The molecule has 4 aromatic rings. The van der Waals surface area contributed by atoms with Crippen LogP contribution in [0.25, 0.3) is 32.9 Å². The number of halogens is 2. The third kappa shape index (κ3) is 5.47. The highest BCUT2D eigenvalue weighted by Gasteiger charge is 2.52. The lowest BCUT2D eigenvalue weighted by Crippen LogP contribution is -2.46. The Hall–Kier alpha value is -3.63. The standard InChI is InChI=1S/C33H39F2N5O3/c1-6-22-25(34)9-8-20-12-21(41)13-23(26(20)22)28-27(35)29-24(15-36-28)30(40-11-7-10-32(3,42)16-40)38-31(37-29)43-18-33(14-19(33)2)17-39(4)5/h8-9,12-13,15,19,41-42H,6-7,10-11,14,16-18H2,1-5H3/t19?,32-,33?/m1/s1. The van der Waals surface area contributed by atoms with Gasteiger partial charge in [-0.3, -0.25) is 4.98 Å². The second-order valence-electron chi connectivity index (χ2n) is 13.0. The Kier molecular flexibility index (Phi) is 7.41. The zero-order chi connectivity index (χ0) is 30.7. The second kappa shape index (κ2) is 10.8. The minimum Gasteiger partial charge on any atom is -0.508 e. The van der Waals surface area contributed by atoms with E-state index in [0.29, 0.717) is 66.0 Å². The van der Waals surface area contributed by atoms with Crippen LogP contribution in [0.4, 0.5) is 14.6 Å². The monoisotopic (exact) mass is 591 g/mol. The molecule has 228 valence electrons. The Labute approximate surface area is 250 Å². The zero-order valence-corrected chi connectivity index (χ0v) is 25.4. The molecule has 6 rings (SSSR count). The number of fused-ring (bicyclic) bond motifs is 2. The Morgan fingerprint density at radius 1 is 1.19 bits per heavy atom. The summed E-state index contributed by atoms with van der Waals surface area (Å²) in [4.78, 5) is 17.9. The maximum absolute atomic E-state index is 16.7. The van der Waals surface area contributed by atoms with Gasteiger partial charge in [-0.1, -0.05) is 19.9 Å². The van der Waals surface area contributed by atoms with Gasteiger partial charge in [-0.2, -0.15) is 9.97 Å². The van der Waals surface area contributed by atoms with Crippen LogP contribution in [0.5, 0.6) is 11.8 Å². The van der Waals surface area contributed by atoms with E-state index in [1.54, 1.807) is 13.0 Å². The van der Waals surface area contributed by atoms with Gasteiger partial charge in [0.1, 0.15) is 28.6 Å². The van der Waals surface area contributed by atoms with Crippen molar-refractivity contribution in [3.63, 3.8) is 0 Å². The van der Waals surface area contributed by atoms with E-state index in [-0.39, 0.29) is 33.9 Å². The van der Waals surface area contributed by atoms with Crippen LogP contribution in [0, 0.1) is 23.0 Å². The maximum Gasteiger partial charge on any atom is 0.319 e. The summed E-state index contributed by atoms with van der Waals surface area (Å²) in [6, 6.07) is 5.94. The van der Waals surface area contributed by atoms with Gasteiger partial charge in [0.05, 0.1) is 17.6 Å². The highest BCUT2D eigenvalue weighted by molar-refractivity contribution is 6.01. The van der Waals surface area contributed by atoms with Crippen molar-refractivity contribution in [2.24, 2.45) is 11.3 Å². The number of ether oxygens (including phenoxy) is 1. The lowest BCUT2D eigenvalue weighted by molar-refractivity contribution is 0.0447. The molecule has 1 aliphatic heterocycles. The first-order valence-corrected chi connectivity index (χ1v) is 15.0. The number of nitrogens with zero attached hydrogens (tertiary/aromatic N) is 5. The Morgan fingerprint density at radius 3 is 2.63 bits per heavy atom. The van der Waals surface area contributed by atoms with Crippen molar-refractivity contribution in [3.8, 4) is 23.0 Å². The van der Waals surface area contributed by atoms with Gasteiger partial charge in [0.15, 0.2) is 5.82 Å². The molecule has 0 spiro atoms. The van der Waals surface area contributed by atoms with Crippen LogP contribution < -0.4 is 9.64 Å². The molecule has 3 heterocycles. The van der Waals surface area contributed by atoms with Crippen LogP contribution in [0.1, 0.15) is 45.6 Å². The summed E-state index contributed by atoms with van der Waals surface area (Å²) >= 11 is 0. The highest BCUT2D eigenvalue weighted by Crippen LogP contribution is 2.52. The Morgan fingerprint density at radius 2 is 1.95 bits per heavy atom. The third-order valence-electron chi connectivity index (χ3n) is 9.10. The van der Waals surface area contributed by atoms with Crippen LogP contribution in [-0.4, -0.2) is 76.0 Å². The summed E-state index contributed by atoms with van der Waals surface area (Å²) in [5.41, 5.74) is -0.281. The number of aryl methyl sites for hydroxylation is 1. The molecule has 0 radical (unpaired) electrons. The van der Waals surface area contributed by atoms with E-state index in [9.17, 15) is 14.6 Å². The molecule has 3 atom stereocenters. The largest absolute Gasteiger partial charge is 0.508 e. The highest BCUT2D eigenvalue weighted by atomic mass is 19.1. The van der Waals surface area contributed by atoms with Gasteiger partial charge in [0.2, 0.25) is 0 Å². The molecule has 8 nitrogen and oxygen atoms in total. The quantitative estimate of drug-likeness (QED) is 0.269. The van der Waals surface area contributed by atoms with Gasteiger partial charge in [0.25, 0.3) is 0 Å². The van der Waals surface area contributed by atoms with Crippen molar-refractivity contribution in [2.75, 3.05) is 45.2 Å². The number of hydrogen-bond donors (Lipinski definition) is 2. The number of pyridine rings is 1. The average molecular weight is 592 g/mol. The summed E-state index contributed by atoms with van der Waals surface area (Å²) in [7, 11) is 4.06. The fourth-order valence-corrected chi connectivity index (χ4v) is 6.80. The van der Waals surface area contributed by atoms with Crippen molar-refractivity contribution < 1.29 is 23.7 Å². The molecule has 10 heteroatoms. The minimum absolute atomic E-state index is 0.0201. The fraction of sp³-hybridized carbons (Fsp3) is 0.485. The predicted octanol–water partition coefficient (Wildman–Crippen LogP) is 5.71. The van der Waals surface area contributed by atoms with Crippen molar-refractivity contribution >= 4 is 27.5 Å². The molecular formula is C33H39F2N5O3. The summed E-state index contributed by atoms with van der Waals surface area (Å²) in [6.45, 7) is 8.01. The number of aliphatic hydroxyl groups is 1. The van der Waals surface area contributed by atoms with Crippen molar-refractivity contribution in [1.29, 1.82) is 0 Å². The van der Waals surface area contributed by atoms with Gasteiger partial charge in [0, 0.05) is 36.8 Å². The minimum atomic E-state index is -0.928. The number of aromatic nitrogens is 3. The molecule has 43 heavy (non-hydrogen) atoms. The van der Waals surface area contributed by atoms with E-state index >= 15 is 4.39 Å². The molecule has 1 aliphatic carbocycles. The molecule has 1 saturated heterocycles. The lowest BCUT2D eigenvalue weighted by Gasteiger charge is -2.37.